The second-order valence-corrected chi connectivity index (χ2v) is 5.43. The summed E-state index contributed by atoms with van der Waals surface area (Å²) >= 11 is 0. The van der Waals surface area contributed by atoms with Gasteiger partial charge in [-0.1, -0.05) is 0 Å². The van der Waals surface area contributed by atoms with E-state index < -0.39 is 0 Å². The average molecular weight is 224 g/mol. The third kappa shape index (κ3) is 4.51. The summed E-state index contributed by atoms with van der Waals surface area (Å²) in [4.78, 5) is 0. The molecule has 3 nitrogen and oxygen atoms in total. The Morgan fingerprint density at radius 3 is 2.81 bits per heavy atom. The van der Waals surface area contributed by atoms with Crippen LogP contribution >= 0.6 is 0 Å². The molecule has 0 aromatic heterocycles. The van der Waals surface area contributed by atoms with Gasteiger partial charge in [0.15, 0.2) is 0 Å². The van der Waals surface area contributed by atoms with Crippen LogP contribution in [0.3, 0.4) is 0 Å². The first kappa shape index (κ1) is 13.5. The van der Waals surface area contributed by atoms with E-state index in [4.69, 9.17) is 10.00 Å². The van der Waals surface area contributed by atoms with E-state index in [0.717, 1.165) is 32.5 Å². The first-order valence-electron chi connectivity index (χ1n) is 6.29. The fourth-order valence-corrected chi connectivity index (χ4v) is 2.04. The number of nitrogens with zero attached hydrogens (tertiary/aromatic N) is 1. The molecule has 0 aromatic rings. The number of nitrogens with one attached hydrogen (secondary N) is 1. The minimum atomic E-state index is -0.175. The van der Waals surface area contributed by atoms with Gasteiger partial charge in [0, 0.05) is 13.2 Å². The SMILES string of the molecule is CC1OCCC1CNCCCC(C)(C)C#N. The van der Waals surface area contributed by atoms with Crippen molar-refractivity contribution in [2.45, 2.75) is 46.1 Å². The molecule has 0 bridgehead atoms. The standard InChI is InChI=1S/C13H24N2O/c1-11-12(5-8-16-11)9-15-7-4-6-13(2,3)10-14/h11-12,15H,4-9H2,1-3H3. The van der Waals surface area contributed by atoms with Crippen LogP contribution in [0.15, 0.2) is 0 Å². The monoisotopic (exact) mass is 224 g/mol. The Morgan fingerprint density at radius 2 is 2.25 bits per heavy atom. The highest BCUT2D eigenvalue weighted by molar-refractivity contribution is 4.91. The Balaban J connectivity index is 2.02. The highest BCUT2D eigenvalue weighted by Crippen LogP contribution is 2.21. The van der Waals surface area contributed by atoms with Crippen LogP contribution in [0.2, 0.25) is 0 Å². The minimum absolute atomic E-state index is 0.175. The van der Waals surface area contributed by atoms with Crippen molar-refractivity contribution in [1.82, 2.24) is 5.32 Å². The lowest BCUT2D eigenvalue weighted by Gasteiger charge is -2.17. The quantitative estimate of drug-likeness (QED) is 0.704. The summed E-state index contributed by atoms with van der Waals surface area (Å²) in [5, 5.41) is 12.3. The fourth-order valence-electron chi connectivity index (χ4n) is 2.04. The van der Waals surface area contributed by atoms with E-state index in [2.05, 4.69) is 18.3 Å². The van der Waals surface area contributed by atoms with E-state index in [9.17, 15) is 0 Å². The zero-order chi connectivity index (χ0) is 12.0. The van der Waals surface area contributed by atoms with Gasteiger partial charge in [0.1, 0.15) is 0 Å². The Kier molecular flexibility index (Phi) is 5.24. The zero-order valence-electron chi connectivity index (χ0n) is 10.8. The van der Waals surface area contributed by atoms with Crippen LogP contribution in [0.25, 0.3) is 0 Å². The summed E-state index contributed by atoms with van der Waals surface area (Å²) in [7, 11) is 0. The minimum Gasteiger partial charge on any atom is -0.378 e. The Bertz CT molecular complexity index is 245. The summed E-state index contributed by atoms with van der Waals surface area (Å²) in [5.74, 6) is 0.670. The maximum Gasteiger partial charge on any atom is 0.0683 e. The van der Waals surface area contributed by atoms with Crippen molar-refractivity contribution in [3.05, 3.63) is 0 Å². The smallest absolute Gasteiger partial charge is 0.0683 e. The van der Waals surface area contributed by atoms with Crippen molar-refractivity contribution < 1.29 is 4.74 Å². The van der Waals surface area contributed by atoms with Crippen LogP contribution in [0.4, 0.5) is 0 Å². The van der Waals surface area contributed by atoms with Gasteiger partial charge in [-0.2, -0.15) is 5.26 Å². The number of nitriles is 1. The van der Waals surface area contributed by atoms with Gasteiger partial charge in [0.25, 0.3) is 0 Å². The molecule has 1 heterocycles. The first-order valence-corrected chi connectivity index (χ1v) is 6.29. The molecule has 0 amide bonds. The van der Waals surface area contributed by atoms with Crippen LogP contribution in [0.1, 0.15) is 40.0 Å². The summed E-state index contributed by atoms with van der Waals surface area (Å²) in [6.45, 7) is 9.12. The van der Waals surface area contributed by atoms with Crippen LogP contribution in [-0.2, 0) is 4.74 Å². The zero-order valence-corrected chi connectivity index (χ0v) is 10.8. The van der Waals surface area contributed by atoms with Crippen LogP contribution in [0.5, 0.6) is 0 Å². The predicted octanol–water partition coefficient (Wildman–Crippen LogP) is 2.33. The van der Waals surface area contributed by atoms with Gasteiger partial charge < -0.3 is 10.1 Å². The van der Waals surface area contributed by atoms with E-state index in [-0.39, 0.29) is 5.41 Å². The molecule has 1 fully saturated rings. The molecule has 0 spiro atoms. The molecule has 92 valence electrons. The molecular weight excluding hydrogens is 200 g/mol. The van der Waals surface area contributed by atoms with E-state index in [1.54, 1.807) is 0 Å². The van der Waals surface area contributed by atoms with Crippen molar-refractivity contribution in [2.24, 2.45) is 11.3 Å². The molecule has 3 heteroatoms. The largest absolute Gasteiger partial charge is 0.378 e. The summed E-state index contributed by atoms with van der Waals surface area (Å²) in [5.41, 5.74) is -0.175. The number of hydrogen-bond acceptors (Lipinski definition) is 3. The number of hydrogen-bond donors (Lipinski definition) is 1. The Labute approximate surface area is 99.2 Å². The topological polar surface area (TPSA) is 45.0 Å². The lowest BCUT2D eigenvalue weighted by atomic mass is 9.90. The van der Waals surface area contributed by atoms with Crippen LogP contribution in [-0.4, -0.2) is 25.8 Å². The second kappa shape index (κ2) is 6.22. The molecule has 1 aliphatic rings. The van der Waals surface area contributed by atoms with Gasteiger partial charge >= 0.3 is 0 Å². The third-order valence-electron chi connectivity index (χ3n) is 3.40. The van der Waals surface area contributed by atoms with Gasteiger partial charge in [0.05, 0.1) is 17.6 Å². The molecule has 2 unspecified atom stereocenters. The molecule has 1 rings (SSSR count). The average Bonchev–Trinajstić information content (AvgIpc) is 2.64. The van der Waals surface area contributed by atoms with Gasteiger partial charge in [-0.05, 0) is 52.5 Å². The second-order valence-electron chi connectivity index (χ2n) is 5.43. The summed E-state index contributed by atoms with van der Waals surface area (Å²) < 4.78 is 5.51. The number of ether oxygens (including phenoxy) is 1. The van der Waals surface area contributed by atoms with Crippen molar-refractivity contribution in [1.29, 1.82) is 5.26 Å². The molecule has 0 aliphatic carbocycles. The Morgan fingerprint density at radius 1 is 1.50 bits per heavy atom. The molecule has 1 aliphatic heterocycles. The van der Waals surface area contributed by atoms with Crippen molar-refractivity contribution >= 4 is 0 Å². The van der Waals surface area contributed by atoms with E-state index >= 15 is 0 Å². The molecule has 1 N–H and O–H groups in total. The highest BCUT2D eigenvalue weighted by atomic mass is 16.5. The summed E-state index contributed by atoms with van der Waals surface area (Å²) in [6, 6.07) is 2.33. The van der Waals surface area contributed by atoms with E-state index in [1.807, 2.05) is 13.8 Å². The van der Waals surface area contributed by atoms with Crippen LogP contribution < -0.4 is 5.32 Å². The molecular formula is C13H24N2O. The molecule has 1 saturated heterocycles. The fraction of sp³-hybridized carbons (Fsp3) is 0.923. The van der Waals surface area contributed by atoms with Gasteiger partial charge in [-0.15, -0.1) is 0 Å². The summed E-state index contributed by atoms with van der Waals surface area (Å²) in [6.07, 6.45) is 3.62. The molecule has 16 heavy (non-hydrogen) atoms. The maximum atomic E-state index is 8.87. The van der Waals surface area contributed by atoms with Crippen molar-refractivity contribution in [3.63, 3.8) is 0 Å². The molecule has 0 aromatic carbocycles. The molecule has 0 saturated carbocycles. The number of rotatable bonds is 6. The van der Waals surface area contributed by atoms with Crippen molar-refractivity contribution in [2.75, 3.05) is 19.7 Å². The lowest BCUT2D eigenvalue weighted by Crippen LogP contribution is -2.28. The highest BCUT2D eigenvalue weighted by Gasteiger charge is 2.23. The Hall–Kier alpha value is -0.590. The molecule has 0 radical (unpaired) electrons. The first-order chi connectivity index (χ1) is 7.55. The third-order valence-corrected chi connectivity index (χ3v) is 3.40. The maximum absolute atomic E-state index is 8.87. The van der Waals surface area contributed by atoms with Crippen LogP contribution in [0, 0.1) is 22.7 Å². The van der Waals surface area contributed by atoms with Gasteiger partial charge in [-0.3, -0.25) is 0 Å². The normalized spacial score (nSPS) is 25.6. The lowest BCUT2D eigenvalue weighted by molar-refractivity contribution is 0.105. The van der Waals surface area contributed by atoms with Crippen molar-refractivity contribution in [3.8, 4) is 6.07 Å². The van der Waals surface area contributed by atoms with E-state index in [1.165, 1.54) is 6.42 Å². The van der Waals surface area contributed by atoms with E-state index in [0.29, 0.717) is 12.0 Å². The van der Waals surface area contributed by atoms with Gasteiger partial charge in [0.2, 0.25) is 0 Å². The predicted molar refractivity (Wildman–Crippen MR) is 65.0 cm³/mol. The van der Waals surface area contributed by atoms with Gasteiger partial charge in [-0.25, -0.2) is 0 Å². The molecule has 2 atom stereocenters.